The summed E-state index contributed by atoms with van der Waals surface area (Å²) >= 11 is 6.75. The van der Waals surface area contributed by atoms with E-state index in [0.29, 0.717) is 33.4 Å². The van der Waals surface area contributed by atoms with E-state index in [0.717, 1.165) is 37.7 Å². The van der Waals surface area contributed by atoms with Gasteiger partial charge in [0, 0.05) is 31.1 Å². The van der Waals surface area contributed by atoms with Crippen molar-refractivity contribution < 1.29 is 26.1 Å². The van der Waals surface area contributed by atoms with Gasteiger partial charge in [-0.05, 0) is 37.1 Å². The maximum Gasteiger partial charge on any atom is 0.417 e. The zero-order valence-electron chi connectivity index (χ0n) is 25.0. The molecule has 6 rings (SSSR count). The highest BCUT2D eigenvalue weighted by atomic mass is 35.5. The number of rotatable bonds is 4. The zero-order valence-corrected chi connectivity index (χ0v) is 26.6. The minimum Gasteiger partial charge on any atom is -0.355 e. The Labute approximate surface area is 263 Å². The number of aromatic amines is 1. The molecular formula is C31H32ClF3N6O3S. The normalized spacial score (nSPS) is 14.1. The number of fused-ring (bicyclic) bond motifs is 1. The van der Waals surface area contributed by atoms with Crippen LogP contribution < -0.4 is 4.90 Å². The van der Waals surface area contributed by atoms with Crippen molar-refractivity contribution in [2.75, 3.05) is 18.0 Å². The monoisotopic (exact) mass is 660 g/mol. The smallest absolute Gasteiger partial charge is 0.355 e. The molecule has 14 heteroatoms. The largest absolute Gasteiger partial charge is 0.417 e. The standard InChI is InChI=1S/C25H26ClF3N6.C6H6O3S/c1-24(2,3)21-18(26)20(34(4)33-21)22-30-17-13-16(14-9-5-6-10-15(14)25(27,28)29)31-23(19(17)32-22)35-11-7-8-12-35;7-10(8,9)6-4-2-1-3-5-6/h5-6,9-10,13H,7-8,11-12H2,1-4H3,(H,30,32);1-5H,(H,7,8,9). The minimum absolute atomic E-state index is 0.0282. The number of benzene rings is 2. The number of aryl methyl sites for hydroxylation is 1. The van der Waals surface area contributed by atoms with Gasteiger partial charge in [0.2, 0.25) is 0 Å². The average molecular weight is 661 g/mol. The van der Waals surface area contributed by atoms with Crippen LogP contribution in [0.4, 0.5) is 19.0 Å². The van der Waals surface area contributed by atoms with E-state index in [-0.39, 0.29) is 21.6 Å². The Balaban J connectivity index is 0.000000342. The Hall–Kier alpha value is -3.94. The van der Waals surface area contributed by atoms with Crippen LogP contribution in [0.25, 0.3) is 33.8 Å². The lowest BCUT2D eigenvalue weighted by atomic mass is 9.92. The van der Waals surface area contributed by atoms with E-state index >= 15 is 0 Å². The van der Waals surface area contributed by atoms with Gasteiger partial charge in [-0.25, -0.2) is 9.97 Å². The van der Waals surface area contributed by atoms with Crippen LogP contribution in [0.2, 0.25) is 5.02 Å². The van der Waals surface area contributed by atoms with Crippen molar-refractivity contribution in [1.29, 1.82) is 0 Å². The van der Waals surface area contributed by atoms with Gasteiger partial charge in [-0.1, -0.05) is 68.8 Å². The lowest BCUT2D eigenvalue weighted by molar-refractivity contribution is -0.137. The van der Waals surface area contributed by atoms with Gasteiger partial charge in [0.25, 0.3) is 10.1 Å². The molecule has 2 N–H and O–H groups in total. The molecule has 0 radical (unpaired) electrons. The van der Waals surface area contributed by atoms with Crippen molar-refractivity contribution in [3.05, 3.63) is 76.9 Å². The number of H-pyrrole nitrogens is 1. The zero-order chi connectivity index (χ0) is 32.7. The van der Waals surface area contributed by atoms with Crippen LogP contribution in [0.3, 0.4) is 0 Å². The number of hydrogen-bond donors (Lipinski definition) is 2. The molecule has 45 heavy (non-hydrogen) atoms. The Bertz CT molecular complexity index is 1950. The summed E-state index contributed by atoms with van der Waals surface area (Å²) in [5.74, 6) is 1.10. The number of alkyl halides is 3. The second-order valence-electron chi connectivity index (χ2n) is 11.7. The van der Waals surface area contributed by atoms with Gasteiger partial charge in [-0.15, -0.1) is 0 Å². The SMILES string of the molecule is Cn1nc(C(C)(C)C)c(Cl)c1-c1nc2cc(-c3ccccc3C(F)(F)F)nc(N3CCCC3)c2[nH]1.O=S(=O)(O)c1ccccc1. The molecule has 1 fully saturated rings. The Morgan fingerprint density at radius 3 is 2.13 bits per heavy atom. The number of nitrogens with one attached hydrogen (secondary N) is 1. The maximum atomic E-state index is 13.8. The number of anilines is 1. The van der Waals surface area contributed by atoms with E-state index in [4.69, 9.17) is 26.1 Å². The number of imidazole rings is 1. The van der Waals surface area contributed by atoms with Crippen LogP contribution >= 0.6 is 11.6 Å². The molecule has 2 aromatic carbocycles. The maximum absolute atomic E-state index is 13.8. The van der Waals surface area contributed by atoms with Crippen LogP contribution in [0.1, 0.15) is 44.9 Å². The molecule has 1 aliphatic rings. The fourth-order valence-electron chi connectivity index (χ4n) is 5.18. The molecule has 238 valence electrons. The van der Waals surface area contributed by atoms with Gasteiger partial charge in [0.1, 0.15) is 11.2 Å². The molecule has 0 amide bonds. The third kappa shape index (κ3) is 6.85. The summed E-state index contributed by atoms with van der Waals surface area (Å²) in [5, 5.41) is 5.10. The molecule has 0 saturated carbocycles. The second-order valence-corrected chi connectivity index (χ2v) is 13.5. The summed E-state index contributed by atoms with van der Waals surface area (Å²) < 4.78 is 72.3. The molecule has 4 heterocycles. The number of pyridine rings is 1. The topological polar surface area (TPSA) is 117 Å². The van der Waals surface area contributed by atoms with Crippen molar-refractivity contribution in [2.45, 2.75) is 50.1 Å². The first-order chi connectivity index (χ1) is 21.1. The Morgan fingerprint density at radius 2 is 1.58 bits per heavy atom. The molecule has 1 aliphatic heterocycles. The summed E-state index contributed by atoms with van der Waals surface area (Å²) in [4.78, 5) is 14.8. The van der Waals surface area contributed by atoms with E-state index < -0.39 is 21.9 Å². The van der Waals surface area contributed by atoms with E-state index in [1.165, 1.54) is 24.3 Å². The van der Waals surface area contributed by atoms with Crippen molar-refractivity contribution in [1.82, 2.24) is 24.7 Å². The molecule has 0 unspecified atom stereocenters. The average Bonchev–Trinajstić information content (AvgIpc) is 3.71. The van der Waals surface area contributed by atoms with E-state index in [1.807, 2.05) is 20.8 Å². The summed E-state index contributed by atoms with van der Waals surface area (Å²) in [5.41, 5.74) is 1.84. The van der Waals surface area contributed by atoms with Gasteiger partial charge in [0.15, 0.2) is 11.6 Å². The van der Waals surface area contributed by atoms with Crippen LogP contribution in [-0.2, 0) is 28.8 Å². The Kier molecular flexibility index (Phi) is 8.73. The van der Waals surface area contributed by atoms with Crippen LogP contribution in [-0.4, -0.2) is 50.8 Å². The third-order valence-corrected chi connectivity index (χ3v) is 8.56. The van der Waals surface area contributed by atoms with Gasteiger partial charge in [-0.2, -0.15) is 26.7 Å². The van der Waals surface area contributed by atoms with Crippen molar-refractivity contribution >= 4 is 38.6 Å². The molecule has 3 aromatic heterocycles. The number of hydrogen-bond acceptors (Lipinski definition) is 6. The summed E-state index contributed by atoms with van der Waals surface area (Å²) in [6, 6.07) is 14.5. The lowest BCUT2D eigenvalue weighted by Crippen LogP contribution is -2.19. The van der Waals surface area contributed by atoms with Gasteiger partial charge >= 0.3 is 6.18 Å². The van der Waals surface area contributed by atoms with Crippen LogP contribution in [0.15, 0.2) is 65.6 Å². The molecule has 1 saturated heterocycles. The Morgan fingerprint density at radius 1 is 0.956 bits per heavy atom. The quantitative estimate of drug-likeness (QED) is 0.191. The van der Waals surface area contributed by atoms with Crippen LogP contribution in [0.5, 0.6) is 0 Å². The van der Waals surface area contributed by atoms with Crippen molar-refractivity contribution in [3.63, 3.8) is 0 Å². The molecule has 5 aromatic rings. The molecule has 0 aliphatic carbocycles. The lowest BCUT2D eigenvalue weighted by Gasteiger charge is -2.19. The van der Waals surface area contributed by atoms with Gasteiger partial charge in [0.05, 0.1) is 32.4 Å². The second kappa shape index (κ2) is 12.1. The van der Waals surface area contributed by atoms with E-state index in [2.05, 4.69) is 15.0 Å². The van der Waals surface area contributed by atoms with Gasteiger partial charge in [-0.3, -0.25) is 9.23 Å². The highest BCUT2D eigenvalue weighted by molar-refractivity contribution is 7.85. The first-order valence-corrected chi connectivity index (χ1v) is 16.0. The van der Waals surface area contributed by atoms with E-state index in [1.54, 1.807) is 42.1 Å². The first-order valence-electron chi connectivity index (χ1n) is 14.1. The minimum atomic E-state index is -4.50. The summed E-state index contributed by atoms with van der Waals surface area (Å²) in [6.45, 7) is 7.65. The highest BCUT2D eigenvalue weighted by Crippen LogP contribution is 2.40. The van der Waals surface area contributed by atoms with E-state index in [9.17, 15) is 21.6 Å². The van der Waals surface area contributed by atoms with Gasteiger partial charge < -0.3 is 9.88 Å². The predicted molar refractivity (Wildman–Crippen MR) is 168 cm³/mol. The first kappa shape index (κ1) is 32.5. The molecule has 0 spiro atoms. The summed E-state index contributed by atoms with van der Waals surface area (Å²) in [6.07, 6.45) is -2.50. The molecule has 0 bridgehead atoms. The predicted octanol–water partition coefficient (Wildman–Crippen LogP) is 7.53. The molecule has 0 atom stereocenters. The fraction of sp³-hybridized carbons (Fsp3) is 0.323. The number of aromatic nitrogens is 5. The number of halogens is 4. The fourth-order valence-corrected chi connectivity index (χ4v) is 6.22. The molecule has 9 nitrogen and oxygen atoms in total. The summed E-state index contributed by atoms with van der Waals surface area (Å²) in [7, 11) is -2.20. The van der Waals surface area contributed by atoms with Crippen LogP contribution in [0, 0.1) is 0 Å². The van der Waals surface area contributed by atoms with Crippen molar-refractivity contribution in [2.24, 2.45) is 7.05 Å². The molecular weight excluding hydrogens is 629 g/mol. The van der Waals surface area contributed by atoms with Crippen molar-refractivity contribution in [3.8, 4) is 22.8 Å². The number of nitrogens with zero attached hydrogens (tertiary/aromatic N) is 5. The highest BCUT2D eigenvalue weighted by Gasteiger charge is 2.34. The third-order valence-electron chi connectivity index (χ3n) is 7.33.